The molecule has 0 atom stereocenters. The third-order valence-electron chi connectivity index (χ3n) is 3.63. The van der Waals surface area contributed by atoms with Gasteiger partial charge in [-0.3, -0.25) is 4.79 Å². The molecule has 0 saturated carbocycles. The first kappa shape index (κ1) is 15.9. The van der Waals surface area contributed by atoms with E-state index in [9.17, 15) is 4.79 Å². The Morgan fingerprint density at radius 2 is 1.92 bits per heavy atom. The first-order valence-corrected chi connectivity index (χ1v) is 7.76. The molecule has 0 aliphatic heterocycles. The molecule has 0 aliphatic carbocycles. The molecule has 0 saturated heterocycles. The lowest BCUT2D eigenvalue weighted by molar-refractivity contribution is -0.116. The molecule has 0 spiro atoms. The highest BCUT2D eigenvalue weighted by Crippen LogP contribution is 2.20. The zero-order valence-electron chi connectivity index (χ0n) is 13.9. The smallest absolute Gasteiger partial charge is 0.316 e. The average molecular weight is 325 g/mol. The van der Waals surface area contributed by atoms with Crippen molar-refractivity contribution in [1.29, 1.82) is 0 Å². The van der Waals surface area contributed by atoms with Crippen molar-refractivity contribution >= 4 is 22.6 Å². The normalized spacial score (nSPS) is 10.8. The first-order chi connectivity index (χ1) is 11.6. The van der Waals surface area contributed by atoms with Crippen LogP contribution in [0.25, 0.3) is 11.0 Å². The van der Waals surface area contributed by atoms with Crippen LogP contribution in [0.1, 0.15) is 18.3 Å². The molecular formula is C17H19N5O2. The molecule has 7 nitrogen and oxygen atoms in total. The fourth-order valence-corrected chi connectivity index (χ4v) is 2.53. The minimum absolute atomic E-state index is 0.155. The zero-order chi connectivity index (χ0) is 17.1. The van der Waals surface area contributed by atoms with Crippen LogP contribution in [0.4, 0.5) is 5.69 Å². The van der Waals surface area contributed by atoms with Crippen molar-refractivity contribution in [3.8, 4) is 6.01 Å². The van der Waals surface area contributed by atoms with Gasteiger partial charge in [-0.15, -0.1) is 0 Å². The molecule has 0 radical (unpaired) electrons. The minimum Gasteiger partial charge on any atom is -0.464 e. The van der Waals surface area contributed by atoms with Crippen molar-refractivity contribution in [1.82, 2.24) is 19.5 Å². The van der Waals surface area contributed by atoms with Crippen molar-refractivity contribution in [3.63, 3.8) is 0 Å². The van der Waals surface area contributed by atoms with E-state index in [1.165, 1.54) is 0 Å². The number of rotatable bonds is 5. The Hall–Kier alpha value is -2.96. The Balaban J connectivity index is 1.78. The summed E-state index contributed by atoms with van der Waals surface area (Å²) in [4.78, 5) is 25.2. The maximum absolute atomic E-state index is 12.4. The van der Waals surface area contributed by atoms with Crippen LogP contribution in [0.5, 0.6) is 6.01 Å². The molecule has 3 aromatic rings. The van der Waals surface area contributed by atoms with E-state index >= 15 is 0 Å². The number of aryl methyl sites for hydroxylation is 2. The molecule has 0 fully saturated rings. The van der Waals surface area contributed by atoms with Crippen molar-refractivity contribution in [3.05, 3.63) is 42.0 Å². The summed E-state index contributed by atoms with van der Waals surface area (Å²) < 4.78 is 7.12. The molecule has 2 aromatic heterocycles. The standard InChI is InChI=1S/C17H19N5O2/c1-4-24-17-19-11(2)16(12(3)20-17)21-15(23)9-22-10-18-13-7-5-6-8-14(13)22/h5-8,10H,4,9H2,1-3H3,(H,21,23). The maximum atomic E-state index is 12.4. The van der Waals surface area contributed by atoms with Crippen molar-refractivity contribution in [2.75, 3.05) is 11.9 Å². The Labute approximate surface area is 139 Å². The van der Waals surface area contributed by atoms with Gasteiger partial charge < -0.3 is 14.6 Å². The number of carbonyl (C=O) groups excluding carboxylic acids is 1. The number of benzene rings is 1. The SMILES string of the molecule is CCOc1nc(C)c(NC(=O)Cn2cnc3ccccc32)c(C)n1. The lowest BCUT2D eigenvalue weighted by Crippen LogP contribution is -2.20. The summed E-state index contributed by atoms with van der Waals surface area (Å²) in [5, 5.41) is 2.88. The van der Waals surface area contributed by atoms with E-state index in [0.717, 1.165) is 11.0 Å². The largest absolute Gasteiger partial charge is 0.464 e. The second-order valence-electron chi connectivity index (χ2n) is 5.39. The number of imidazole rings is 1. The van der Waals surface area contributed by atoms with Crippen molar-refractivity contribution in [2.24, 2.45) is 0 Å². The summed E-state index contributed by atoms with van der Waals surface area (Å²) in [6, 6.07) is 8.02. The Bertz CT molecular complexity index is 865. The van der Waals surface area contributed by atoms with E-state index in [-0.39, 0.29) is 12.5 Å². The third-order valence-corrected chi connectivity index (χ3v) is 3.63. The number of para-hydroxylation sites is 2. The number of anilines is 1. The highest BCUT2D eigenvalue weighted by Gasteiger charge is 2.13. The summed E-state index contributed by atoms with van der Waals surface area (Å²) in [5.74, 6) is -0.155. The molecule has 0 aliphatic rings. The molecule has 1 amide bonds. The molecule has 3 rings (SSSR count). The number of carbonyl (C=O) groups is 1. The molecule has 7 heteroatoms. The van der Waals surface area contributed by atoms with Crippen LogP contribution in [0, 0.1) is 13.8 Å². The number of nitrogens with zero attached hydrogens (tertiary/aromatic N) is 4. The van der Waals surface area contributed by atoms with Crippen LogP contribution in [0.15, 0.2) is 30.6 Å². The number of fused-ring (bicyclic) bond motifs is 1. The Morgan fingerprint density at radius 3 is 2.62 bits per heavy atom. The molecule has 0 unspecified atom stereocenters. The summed E-state index contributed by atoms with van der Waals surface area (Å²) >= 11 is 0. The molecule has 0 bridgehead atoms. The van der Waals surface area contributed by atoms with Gasteiger partial charge in [0.25, 0.3) is 0 Å². The fourth-order valence-electron chi connectivity index (χ4n) is 2.53. The van der Waals surface area contributed by atoms with E-state index < -0.39 is 0 Å². The highest BCUT2D eigenvalue weighted by atomic mass is 16.5. The number of nitrogens with one attached hydrogen (secondary N) is 1. The van der Waals surface area contributed by atoms with Gasteiger partial charge in [0, 0.05) is 0 Å². The highest BCUT2D eigenvalue weighted by molar-refractivity contribution is 5.92. The summed E-state index contributed by atoms with van der Waals surface area (Å²) in [7, 11) is 0. The number of hydrogen-bond donors (Lipinski definition) is 1. The van der Waals surface area contributed by atoms with Gasteiger partial charge in [0.05, 0.1) is 41.0 Å². The van der Waals surface area contributed by atoms with E-state index in [1.54, 1.807) is 6.33 Å². The van der Waals surface area contributed by atoms with Crippen LogP contribution in [-0.4, -0.2) is 32.0 Å². The summed E-state index contributed by atoms with van der Waals surface area (Å²) in [6.07, 6.45) is 1.67. The molecule has 24 heavy (non-hydrogen) atoms. The number of amides is 1. The second-order valence-corrected chi connectivity index (χ2v) is 5.39. The van der Waals surface area contributed by atoms with Gasteiger partial charge in [-0.2, -0.15) is 9.97 Å². The van der Waals surface area contributed by atoms with Crippen LogP contribution < -0.4 is 10.1 Å². The van der Waals surface area contributed by atoms with Crippen molar-refractivity contribution in [2.45, 2.75) is 27.3 Å². The van der Waals surface area contributed by atoms with Gasteiger partial charge in [-0.25, -0.2) is 4.98 Å². The predicted molar refractivity (Wildman–Crippen MR) is 91.0 cm³/mol. The van der Waals surface area contributed by atoms with Gasteiger partial charge in [-0.1, -0.05) is 12.1 Å². The zero-order valence-corrected chi connectivity index (χ0v) is 13.9. The van der Waals surface area contributed by atoms with Gasteiger partial charge in [0.15, 0.2) is 0 Å². The van der Waals surface area contributed by atoms with Gasteiger partial charge in [-0.05, 0) is 32.9 Å². The summed E-state index contributed by atoms with van der Waals surface area (Å²) in [5.41, 5.74) is 3.75. The van der Waals surface area contributed by atoms with Crippen LogP contribution in [-0.2, 0) is 11.3 Å². The first-order valence-electron chi connectivity index (χ1n) is 7.76. The summed E-state index contributed by atoms with van der Waals surface area (Å²) in [6.45, 7) is 6.18. The predicted octanol–water partition coefficient (Wildman–Crippen LogP) is 2.48. The van der Waals surface area contributed by atoms with E-state index in [1.807, 2.05) is 49.6 Å². The van der Waals surface area contributed by atoms with Gasteiger partial charge in [0.1, 0.15) is 6.54 Å². The quantitative estimate of drug-likeness (QED) is 0.779. The van der Waals surface area contributed by atoms with Crippen LogP contribution in [0.2, 0.25) is 0 Å². The second kappa shape index (κ2) is 6.66. The Morgan fingerprint density at radius 1 is 1.21 bits per heavy atom. The molecule has 2 heterocycles. The van der Waals surface area contributed by atoms with Crippen molar-refractivity contribution < 1.29 is 9.53 Å². The average Bonchev–Trinajstić information content (AvgIpc) is 2.94. The molecule has 1 N–H and O–H groups in total. The monoisotopic (exact) mass is 325 g/mol. The molecular weight excluding hydrogens is 306 g/mol. The lowest BCUT2D eigenvalue weighted by atomic mass is 10.3. The van der Waals surface area contributed by atoms with E-state index in [2.05, 4.69) is 20.3 Å². The third kappa shape index (κ3) is 3.19. The van der Waals surface area contributed by atoms with E-state index in [4.69, 9.17) is 4.74 Å². The fraction of sp³-hybridized carbons (Fsp3) is 0.294. The van der Waals surface area contributed by atoms with Crippen LogP contribution >= 0.6 is 0 Å². The number of ether oxygens (including phenoxy) is 1. The van der Waals surface area contributed by atoms with E-state index in [0.29, 0.717) is 29.7 Å². The minimum atomic E-state index is -0.155. The number of aromatic nitrogens is 4. The maximum Gasteiger partial charge on any atom is 0.316 e. The topological polar surface area (TPSA) is 81.9 Å². The van der Waals surface area contributed by atoms with Crippen LogP contribution in [0.3, 0.4) is 0 Å². The Kier molecular flexibility index (Phi) is 4.41. The van der Waals surface area contributed by atoms with Gasteiger partial charge in [0.2, 0.25) is 5.91 Å². The number of hydrogen-bond acceptors (Lipinski definition) is 5. The van der Waals surface area contributed by atoms with Gasteiger partial charge >= 0.3 is 6.01 Å². The lowest BCUT2D eigenvalue weighted by Gasteiger charge is -2.12. The molecule has 1 aromatic carbocycles. The molecule has 124 valence electrons.